The zero-order valence-corrected chi connectivity index (χ0v) is 14.6. The second-order valence-electron chi connectivity index (χ2n) is 6.46. The molecule has 130 valence electrons. The number of amides is 1. The third-order valence-electron chi connectivity index (χ3n) is 4.52. The molecule has 1 fully saturated rings. The zero-order valence-electron chi connectivity index (χ0n) is 14.6. The first-order valence-corrected chi connectivity index (χ1v) is 8.51. The number of rotatable bonds is 6. The Hall–Kier alpha value is -2.15. The fourth-order valence-corrected chi connectivity index (χ4v) is 3.16. The highest BCUT2D eigenvalue weighted by Crippen LogP contribution is 2.16. The lowest BCUT2D eigenvalue weighted by Crippen LogP contribution is -2.34. The Balaban J connectivity index is 1.64. The van der Waals surface area contributed by atoms with Crippen molar-refractivity contribution in [1.82, 2.24) is 25.2 Å². The Morgan fingerprint density at radius 1 is 1.29 bits per heavy atom. The summed E-state index contributed by atoms with van der Waals surface area (Å²) < 4.78 is 7.12. The summed E-state index contributed by atoms with van der Waals surface area (Å²) in [5.74, 6) is 0.481. The molecule has 7 heteroatoms. The third-order valence-corrected chi connectivity index (χ3v) is 4.52. The maximum absolute atomic E-state index is 12.5. The lowest BCUT2D eigenvalue weighted by molar-refractivity contribution is 0.0939. The fraction of sp³-hybridized carbons (Fsp3) is 0.588. The van der Waals surface area contributed by atoms with Crippen LogP contribution >= 0.6 is 0 Å². The number of aryl methyl sites for hydroxylation is 3. The van der Waals surface area contributed by atoms with E-state index in [0.29, 0.717) is 24.5 Å². The van der Waals surface area contributed by atoms with E-state index in [0.717, 1.165) is 36.6 Å². The molecule has 0 saturated carbocycles. The molecule has 2 aromatic rings. The van der Waals surface area contributed by atoms with E-state index in [2.05, 4.69) is 20.5 Å². The molecule has 0 unspecified atom stereocenters. The summed E-state index contributed by atoms with van der Waals surface area (Å²) in [5, 5.41) is 11.4. The Morgan fingerprint density at radius 3 is 2.71 bits per heavy atom. The standard InChI is InChI=1S/C17H25N5O2/c1-12-10-13(2)22(19-12)11-15-14(3)24-20-16(15)17(23)18-6-9-21-7-4-5-8-21/h10H,4-9,11H2,1-3H3,(H,18,23). The van der Waals surface area contributed by atoms with E-state index >= 15 is 0 Å². The lowest BCUT2D eigenvalue weighted by atomic mass is 10.2. The molecular formula is C17H25N5O2. The first-order chi connectivity index (χ1) is 11.5. The van der Waals surface area contributed by atoms with Crippen molar-refractivity contribution in [3.05, 3.63) is 34.5 Å². The number of nitrogens with one attached hydrogen (secondary N) is 1. The second kappa shape index (κ2) is 7.17. The van der Waals surface area contributed by atoms with E-state index in [9.17, 15) is 4.79 Å². The predicted molar refractivity (Wildman–Crippen MR) is 90.1 cm³/mol. The van der Waals surface area contributed by atoms with Crippen LogP contribution in [0.1, 0.15) is 46.0 Å². The van der Waals surface area contributed by atoms with Crippen LogP contribution in [0.4, 0.5) is 0 Å². The number of aromatic nitrogens is 3. The largest absolute Gasteiger partial charge is 0.361 e. The minimum atomic E-state index is -0.178. The predicted octanol–water partition coefficient (Wildman–Crippen LogP) is 1.67. The molecule has 0 atom stereocenters. The Morgan fingerprint density at radius 2 is 2.04 bits per heavy atom. The number of hydrogen-bond donors (Lipinski definition) is 1. The van der Waals surface area contributed by atoms with Crippen LogP contribution in [0.5, 0.6) is 0 Å². The molecule has 1 amide bonds. The lowest BCUT2D eigenvalue weighted by Gasteiger charge is -2.14. The summed E-state index contributed by atoms with van der Waals surface area (Å²) >= 11 is 0. The number of carbonyl (C=O) groups excluding carboxylic acids is 1. The summed E-state index contributed by atoms with van der Waals surface area (Å²) in [6.45, 7) is 10.0. The van der Waals surface area contributed by atoms with Gasteiger partial charge in [0.2, 0.25) is 0 Å². The highest BCUT2D eigenvalue weighted by Gasteiger charge is 2.21. The molecule has 2 aromatic heterocycles. The van der Waals surface area contributed by atoms with Crippen LogP contribution in [0.3, 0.4) is 0 Å². The molecule has 1 aliphatic heterocycles. The molecule has 0 aliphatic carbocycles. The van der Waals surface area contributed by atoms with Gasteiger partial charge in [-0.15, -0.1) is 0 Å². The van der Waals surface area contributed by atoms with Gasteiger partial charge in [-0.05, 0) is 52.8 Å². The van der Waals surface area contributed by atoms with Crippen molar-refractivity contribution in [1.29, 1.82) is 0 Å². The smallest absolute Gasteiger partial charge is 0.273 e. The van der Waals surface area contributed by atoms with Gasteiger partial charge in [0.15, 0.2) is 5.69 Å². The first-order valence-electron chi connectivity index (χ1n) is 8.51. The van der Waals surface area contributed by atoms with Crippen LogP contribution in [0.2, 0.25) is 0 Å². The van der Waals surface area contributed by atoms with Crippen LogP contribution in [-0.2, 0) is 6.54 Å². The summed E-state index contributed by atoms with van der Waals surface area (Å²) in [6, 6.07) is 2.01. The zero-order chi connectivity index (χ0) is 17.1. The van der Waals surface area contributed by atoms with Crippen molar-refractivity contribution < 1.29 is 9.32 Å². The van der Waals surface area contributed by atoms with E-state index in [1.807, 2.05) is 31.5 Å². The molecule has 24 heavy (non-hydrogen) atoms. The molecule has 7 nitrogen and oxygen atoms in total. The van der Waals surface area contributed by atoms with Crippen molar-refractivity contribution in [3.63, 3.8) is 0 Å². The van der Waals surface area contributed by atoms with Gasteiger partial charge in [-0.25, -0.2) is 0 Å². The number of nitrogens with zero attached hydrogens (tertiary/aromatic N) is 4. The highest BCUT2D eigenvalue weighted by atomic mass is 16.5. The third kappa shape index (κ3) is 3.67. The molecule has 0 spiro atoms. The Labute approximate surface area is 142 Å². The fourth-order valence-electron chi connectivity index (χ4n) is 3.16. The molecule has 1 N–H and O–H groups in total. The van der Waals surface area contributed by atoms with E-state index in [4.69, 9.17) is 4.52 Å². The van der Waals surface area contributed by atoms with E-state index in [1.165, 1.54) is 12.8 Å². The van der Waals surface area contributed by atoms with E-state index in [1.54, 1.807) is 0 Å². The molecular weight excluding hydrogens is 306 g/mol. The molecule has 0 aromatic carbocycles. The molecule has 0 bridgehead atoms. The maximum atomic E-state index is 12.5. The highest BCUT2D eigenvalue weighted by molar-refractivity contribution is 5.93. The van der Waals surface area contributed by atoms with Crippen molar-refractivity contribution in [2.75, 3.05) is 26.2 Å². The first kappa shape index (κ1) is 16.7. The van der Waals surface area contributed by atoms with Gasteiger partial charge in [-0.3, -0.25) is 9.48 Å². The van der Waals surface area contributed by atoms with Crippen LogP contribution in [-0.4, -0.2) is 51.9 Å². The normalized spacial score (nSPS) is 15.1. The van der Waals surface area contributed by atoms with Gasteiger partial charge in [0.1, 0.15) is 5.76 Å². The van der Waals surface area contributed by atoms with Gasteiger partial charge >= 0.3 is 0 Å². The topological polar surface area (TPSA) is 76.2 Å². The summed E-state index contributed by atoms with van der Waals surface area (Å²) in [5.41, 5.74) is 3.16. The van der Waals surface area contributed by atoms with Crippen LogP contribution in [0, 0.1) is 20.8 Å². The average Bonchev–Trinajstić information content (AvgIpc) is 3.23. The minimum absolute atomic E-state index is 0.178. The van der Waals surface area contributed by atoms with Crippen LogP contribution in [0.25, 0.3) is 0 Å². The Kier molecular flexibility index (Phi) is 4.99. The molecule has 1 saturated heterocycles. The number of carbonyl (C=O) groups is 1. The second-order valence-corrected chi connectivity index (χ2v) is 6.46. The quantitative estimate of drug-likeness (QED) is 0.871. The van der Waals surface area contributed by atoms with Crippen molar-refractivity contribution >= 4 is 5.91 Å². The molecule has 3 heterocycles. The van der Waals surface area contributed by atoms with Gasteiger partial charge in [0.05, 0.1) is 12.2 Å². The van der Waals surface area contributed by atoms with Crippen molar-refractivity contribution in [3.8, 4) is 0 Å². The number of likely N-dealkylation sites (tertiary alicyclic amines) is 1. The van der Waals surface area contributed by atoms with Gasteiger partial charge < -0.3 is 14.7 Å². The summed E-state index contributed by atoms with van der Waals surface area (Å²) in [7, 11) is 0. The SMILES string of the molecule is Cc1cc(C)n(Cc2c(C(=O)NCCN3CCCC3)noc2C)n1. The minimum Gasteiger partial charge on any atom is -0.361 e. The molecule has 3 rings (SSSR count). The van der Waals surface area contributed by atoms with Gasteiger partial charge in [0, 0.05) is 24.3 Å². The van der Waals surface area contributed by atoms with E-state index < -0.39 is 0 Å². The van der Waals surface area contributed by atoms with Gasteiger partial charge in [-0.1, -0.05) is 5.16 Å². The molecule has 0 radical (unpaired) electrons. The Bertz CT molecular complexity index is 713. The molecule has 1 aliphatic rings. The van der Waals surface area contributed by atoms with Crippen molar-refractivity contribution in [2.45, 2.75) is 40.2 Å². The maximum Gasteiger partial charge on any atom is 0.273 e. The monoisotopic (exact) mass is 331 g/mol. The van der Waals surface area contributed by atoms with Crippen LogP contribution in [0.15, 0.2) is 10.6 Å². The van der Waals surface area contributed by atoms with Gasteiger partial charge in [0.25, 0.3) is 5.91 Å². The number of hydrogen-bond acceptors (Lipinski definition) is 5. The van der Waals surface area contributed by atoms with Crippen molar-refractivity contribution in [2.24, 2.45) is 0 Å². The van der Waals surface area contributed by atoms with Crippen LogP contribution < -0.4 is 5.32 Å². The summed E-state index contributed by atoms with van der Waals surface area (Å²) in [4.78, 5) is 14.8. The average molecular weight is 331 g/mol. The van der Waals surface area contributed by atoms with E-state index in [-0.39, 0.29) is 5.91 Å². The van der Waals surface area contributed by atoms with Gasteiger partial charge in [-0.2, -0.15) is 5.10 Å². The summed E-state index contributed by atoms with van der Waals surface area (Å²) in [6.07, 6.45) is 2.51.